The van der Waals surface area contributed by atoms with Crippen LogP contribution < -0.4 is 10.1 Å². The maximum Gasteiger partial charge on any atom is 0.243 e. The first-order valence-corrected chi connectivity index (χ1v) is 9.27. The number of hydrogen-bond donors (Lipinski definition) is 1. The molecule has 0 aromatic heterocycles. The number of halogens is 1. The molecule has 132 valence electrons. The minimum Gasteiger partial charge on any atom is -0.494 e. The van der Waals surface area contributed by atoms with Crippen LogP contribution in [0.4, 0.5) is 0 Å². The molecule has 0 amide bonds. The molecule has 0 spiro atoms. The molecule has 1 heterocycles. The first-order chi connectivity index (χ1) is 10.4. The number of ether oxygens (including phenoxy) is 1. The van der Waals surface area contributed by atoms with Gasteiger partial charge in [-0.3, -0.25) is 0 Å². The van der Waals surface area contributed by atoms with Gasteiger partial charge in [0.1, 0.15) is 5.75 Å². The van der Waals surface area contributed by atoms with E-state index >= 15 is 0 Å². The Hall–Kier alpha value is -0.820. The number of rotatable bonds is 7. The quantitative estimate of drug-likeness (QED) is 0.809. The van der Waals surface area contributed by atoms with Gasteiger partial charge in [0.05, 0.1) is 11.5 Å². The zero-order valence-electron chi connectivity index (χ0n) is 14.0. The van der Waals surface area contributed by atoms with E-state index in [2.05, 4.69) is 19.2 Å². The van der Waals surface area contributed by atoms with Crippen LogP contribution in [0.25, 0.3) is 0 Å². The zero-order chi connectivity index (χ0) is 16.2. The Kier molecular flexibility index (Phi) is 7.80. The Bertz CT molecular complexity index is 569. The molecular formula is C16H27ClN2O3S. The van der Waals surface area contributed by atoms with E-state index in [1.54, 1.807) is 31.3 Å². The van der Waals surface area contributed by atoms with Gasteiger partial charge in [0.2, 0.25) is 10.0 Å². The molecule has 1 atom stereocenters. The summed E-state index contributed by atoms with van der Waals surface area (Å²) in [5, 5.41) is 3.19. The molecule has 1 aromatic rings. The minimum atomic E-state index is -3.44. The van der Waals surface area contributed by atoms with Crippen LogP contribution in [0, 0.1) is 5.92 Å². The van der Waals surface area contributed by atoms with Gasteiger partial charge in [0, 0.05) is 19.6 Å². The Labute approximate surface area is 145 Å². The normalized spacial score (nSPS) is 18.2. The van der Waals surface area contributed by atoms with Gasteiger partial charge in [0.15, 0.2) is 0 Å². The predicted octanol–water partition coefficient (Wildman–Crippen LogP) is 2.52. The monoisotopic (exact) mass is 362 g/mol. The molecule has 1 fully saturated rings. The molecule has 1 aromatic carbocycles. The van der Waals surface area contributed by atoms with Crippen molar-refractivity contribution in [2.24, 2.45) is 5.92 Å². The van der Waals surface area contributed by atoms with Crippen LogP contribution in [0.5, 0.6) is 5.75 Å². The fourth-order valence-corrected chi connectivity index (χ4v) is 3.82. The smallest absolute Gasteiger partial charge is 0.243 e. The van der Waals surface area contributed by atoms with Crippen molar-refractivity contribution in [3.8, 4) is 5.75 Å². The van der Waals surface area contributed by atoms with Crippen molar-refractivity contribution in [1.82, 2.24) is 9.62 Å². The molecule has 0 bridgehead atoms. The topological polar surface area (TPSA) is 58.6 Å². The van der Waals surface area contributed by atoms with Crippen LogP contribution in [-0.4, -0.2) is 45.5 Å². The number of nitrogens with one attached hydrogen (secondary N) is 1. The molecule has 1 unspecified atom stereocenters. The van der Waals surface area contributed by atoms with Crippen molar-refractivity contribution in [2.75, 3.05) is 26.7 Å². The molecule has 0 aliphatic carbocycles. The Morgan fingerprint density at radius 1 is 1.30 bits per heavy atom. The van der Waals surface area contributed by atoms with Crippen LogP contribution in [0.1, 0.15) is 26.7 Å². The van der Waals surface area contributed by atoms with Crippen molar-refractivity contribution >= 4 is 22.4 Å². The Morgan fingerprint density at radius 3 is 2.48 bits per heavy atom. The second kappa shape index (κ2) is 8.87. The average molecular weight is 363 g/mol. The second-order valence-electron chi connectivity index (χ2n) is 6.17. The third-order valence-corrected chi connectivity index (χ3v) is 5.94. The van der Waals surface area contributed by atoms with E-state index in [0.717, 1.165) is 19.4 Å². The summed E-state index contributed by atoms with van der Waals surface area (Å²) in [7, 11) is -1.78. The highest BCUT2D eigenvalue weighted by Crippen LogP contribution is 2.22. The van der Waals surface area contributed by atoms with Crippen molar-refractivity contribution in [1.29, 1.82) is 0 Å². The molecule has 2 rings (SSSR count). The Balaban J connectivity index is 0.00000264. The highest BCUT2D eigenvalue weighted by Gasteiger charge is 2.29. The van der Waals surface area contributed by atoms with Crippen LogP contribution in [-0.2, 0) is 10.0 Å². The van der Waals surface area contributed by atoms with Gasteiger partial charge in [-0.25, -0.2) is 8.42 Å². The lowest BCUT2D eigenvalue weighted by Gasteiger charge is -2.23. The summed E-state index contributed by atoms with van der Waals surface area (Å²) >= 11 is 0. The second-order valence-corrected chi connectivity index (χ2v) is 8.17. The van der Waals surface area contributed by atoms with E-state index < -0.39 is 10.0 Å². The summed E-state index contributed by atoms with van der Waals surface area (Å²) in [5.41, 5.74) is 0. The van der Waals surface area contributed by atoms with Crippen molar-refractivity contribution in [2.45, 2.75) is 37.6 Å². The molecular weight excluding hydrogens is 336 g/mol. The first kappa shape index (κ1) is 20.2. The van der Waals surface area contributed by atoms with Crippen LogP contribution >= 0.6 is 12.4 Å². The molecule has 5 nitrogen and oxygen atoms in total. The third kappa shape index (κ3) is 5.35. The van der Waals surface area contributed by atoms with Crippen LogP contribution in [0.2, 0.25) is 0 Å². The van der Waals surface area contributed by atoms with E-state index in [0.29, 0.717) is 29.7 Å². The summed E-state index contributed by atoms with van der Waals surface area (Å²) in [6, 6.07) is 6.74. The van der Waals surface area contributed by atoms with E-state index in [-0.39, 0.29) is 18.4 Å². The molecule has 7 heteroatoms. The highest BCUT2D eigenvalue weighted by molar-refractivity contribution is 7.89. The maximum absolute atomic E-state index is 12.6. The van der Waals surface area contributed by atoms with Gasteiger partial charge in [-0.1, -0.05) is 13.8 Å². The lowest BCUT2D eigenvalue weighted by Crippen LogP contribution is -2.38. The van der Waals surface area contributed by atoms with Crippen LogP contribution in [0.15, 0.2) is 29.2 Å². The van der Waals surface area contributed by atoms with E-state index in [1.807, 2.05) is 0 Å². The van der Waals surface area contributed by atoms with Gasteiger partial charge in [-0.15, -0.1) is 12.4 Å². The minimum absolute atomic E-state index is 0. The Morgan fingerprint density at radius 2 is 1.96 bits per heavy atom. The van der Waals surface area contributed by atoms with Gasteiger partial charge < -0.3 is 10.1 Å². The summed E-state index contributed by atoms with van der Waals surface area (Å²) in [6.07, 6.45) is 1.84. The molecule has 1 N–H and O–H groups in total. The van der Waals surface area contributed by atoms with Crippen molar-refractivity contribution in [3.63, 3.8) is 0 Å². The summed E-state index contributed by atoms with van der Waals surface area (Å²) in [6.45, 7) is 6.52. The molecule has 23 heavy (non-hydrogen) atoms. The molecule has 1 saturated heterocycles. The zero-order valence-corrected chi connectivity index (χ0v) is 15.6. The number of hydrogen-bond acceptors (Lipinski definition) is 4. The first-order valence-electron chi connectivity index (χ1n) is 7.83. The SMILES string of the molecule is CC(C)CCOc1ccc(S(=O)(=O)N(C)C2CCNC2)cc1.Cl. The number of sulfonamides is 1. The standard InChI is InChI=1S/C16H26N2O3S.ClH/c1-13(2)9-11-21-15-4-6-16(7-5-15)22(19,20)18(3)14-8-10-17-12-14;/h4-7,13-14,17H,8-12H2,1-3H3;1H. The lowest BCUT2D eigenvalue weighted by molar-refractivity contribution is 0.289. The van der Waals surface area contributed by atoms with E-state index in [1.165, 1.54) is 4.31 Å². The molecule has 1 aliphatic rings. The van der Waals surface area contributed by atoms with Gasteiger partial charge >= 0.3 is 0 Å². The predicted molar refractivity (Wildman–Crippen MR) is 94.9 cm³/mol. The largest absolute Gasteiger partial charge is 0.494 e. The summed E-state index contributed by atoms with van der Waals surface area (Å²) < 4.78 is 32.3. The van der Waals surface area contributed by atoms with Crippen molar-refractivity contribution < 1.29 is 13.2 Å². The van der Waals surface area contributed by atoms with Gasteiger partial charge in [0.25, 0.3) is 0 Å². The maximum atomic E-state index is 12.6. The highest BCUT2D eigenvalue weighted by atomic mass is 35.5. The van der Waals surface area contributed by atoms with Gasteiger partial charge in [-0.2, -0.15) is 4.31 Å². The molecule has 1 aliphatic heterocycles. The lowest BCUT2D eigenvalue weighted by atomic mass is 10.1. The fourth-order valence-electron chi connectivity index (χ4n) is 2.43. The van der Waals surface area contributed by atoms with E-state index in [4.69, 9.17) is 4.74 Å². The van der Waals surface area contributed by atoms with E-state index in [9.17, 15) is 8.42 Å². The summed E-state index contributed by atoms with van der Waals surface area (Å²) in [4.78, 5) is 0.318. The third-order valence-electron chi connectivity index (χ3n) is 4.01. The number of benzene rings is 1. The fraction of sp³-hybridized carbons (Fsp3) is 0.625. The van der Waals surface area contributed by atoms with Crippen molar-refractivity contribution in [3.05, 3.63) is 24.3 Å². The number of likely N-dealkylation sites (N-methyl/N-ethyl adjacent to an activating group) is 1. The van der Waals surface area contributed by atoms with Crippen LogP contribution in [0.3, 0.4) is 0 Å². The number of nitrogens with zero attached hydrogens (tertiary/aromatic N) is 1. The molecule has 0 saturated carbocycles. The van der Waals surface area contributed by atoms with Gasteiger partial charge in [-0.05, 0) is 49.6 Å². The summed E-state index contributed by atoms with van der Waals surface area (Å²) in [5.74, 6) is 1.30. The molecule has 0 radical (unpaired) electrons. The average Bonchev–Trinajstić information content (AvgIpc) is 3.00.